The molecule has 1 aliphatic heterocycles. The van der Waals surface area contributed by atoms with Crippen LogP contribution in [0.1, 0.15) is 59.1 Å². The van der Waals surface area contributed by atoms with Gasteiger partial charge in [0.25, 0.3) is 5.91 Å². The summed E-state index contributed by atoms with van der Waals surface area (Å²) in [5.74, 6) is -1.18. The second-order valence-electron chi connectivity index (χ2n) is 8.96. The first-order valence-corrected chi connectivity index (χ1v) is 12.3. The molecule has 1 aromatic heterocycles. The number of hydrogen-bond donors (Lipinski definition) is 2. The van der Waals surface area contributed by atoms with Crippen molar-refractivity contribution in [2.45, 2.75) is 45.6 Å². The molecular formula is C25H26N4O5S. The predicted octanol–water partition coefficient (Wildman–Crippen LogP) is 3.33. The largest absolute Gasteiger partial charge is 0.462 e. The van der Waals surface area contributed by atoms with Crippen LogP contribution in [-0.2, 0) is 32.7 Å². The number of ether oxygens (including phenoxy) is 1. The van der Waals surface area contributed by atoms with Crippen LogP contribution in [0.25, 0.3) is 0 Å². The van der Waals surface area contributed by atoms with Crippen molar-refractivity contribution in [1.29, 1.82) is 5.26 Å². The summed E-state index contributed by atoms with van der Waals surface area (Å²) in [6.45, 7) is 5.13. The van der Waals surface area contributed by atoms with Gasteiger partial charge in [-0.05, 0) is 62.3 Å². The van der Waals surface area contributed by atoms with Gasteiger partial charge in [-0.15, -0.1) is 11.3 Å². The lowest BCUT2D eigenvalue weighted by Crippen LogP contribution is -2.42. The molecule has 2 N–H and O–H groups in total. The summed E-state index contributed by atoms with van der Waals surface area (Å²) >= 11 is 1.34. The van der Waals surface area contributed by atoms with Crippen molar-refractivity contribution in [3.8, 4) is 6.07 Å². The summed E-state index contributed by atoms with van der Waals surface area (Å²) in [6, 6.07) is 7.64. The number of nitrogens with one attached hydrogen (secondary N) is 2. The van der Waals surface area contributed by atoms with Gasteiger partial charge in [0.2, 0.25) is 5.91 Å². The molecule has 2 heterocycles. The lowest BCUT2D eigenvalue weighted by molar-refractivity contribution is -0.133. The van der Waals surface area contributed by atoms with E-state index in [1.54, 1.807) is 38.1 Å². The molecule has 9 nitrogen and oxygen atoms in total. The number of urea groups is 1. The van der Waals surface area contributed by atoms with Gasteiger partial charge in [-0.25, -0.2) is 9.59 Å². The molecule has 1 aliphatic carbocycles. The summed E-state index contributed by atoms with van der Waals surface area (Å²) < 4.78 is 5.23. The number of amides is 4. The molecule has 4 rings (SSSR count). The third-order valence-electron chi connectivity index (χ3n) is 6.41. The Hall–Kier alpha value is -3.71. The fourth-order valence-corrected chi connectivity index (χ4v) is 5.90. The molecule has 2 aromatic rings. The summed E-state index contributed by atoms with van der Waals surface area (Å²) in [6.07, 6.45) is 2.49. The van der Waals surface area contributed by atoms with E-state index >= 15 is 0 Å². The average molecular weight is 495 g/mol. The summed E-state index contributed by atoms with van der Waals surface area (Å²) in [5, 5.41) is 14.8. The lowest BCUT2D eigenvalue weighted by atomic mass is 9.88. The number of rotatable bonds is 6. The normalized spacial score (nSPS) is 21.2. The van der Waals surface area contributed by atoms with Crippen molar-refractivity contribution in [2.24, 2.45) is 5.92 Å². The van der Waals surface area contributed by atoms with Gasteiger partial charge in [-0.1, -0.05) is 19.1 Å². The zero-order valence-electron chi connectivity index (χ0n) is 19.8. The molecule has 0 bridgehead atoms. The molecule has 4 amide bonds. The minimum absolute atomic E-state index is 0.212. The van der Waals surface area contributed by atoms with Gasteiger partial charge in [0.15, 0.2) is 0 Å². The van der Waals surface area contributed by atoms with Gasteiger partial charge in [0.05, 0.1) is 23.8 Å². The third kappa shape index (κ3) is 4.51. The van der Waals surface area contributed by atoms with E-state index in [2.05, 4.69) is 17.6 Å². The molecule has 1 aromatic carbocycles. The molecule has 1 fully saturated rings. The van der Waals surface area contributed by atoms with Gasteiger partial charge >= 0.3 is 12.0 Å². The number of fused-ring (bicyclic) bond motifs is 1. The van der Waals surface area contributed by atoms with E-state index in [1.807, 2.05) is 6.07 Å². The highest BCUT2D eigenvalue weighted by atomic mass is 32.1. The first kappa shape index (κ1) is 24.4. The summed E-state index contributed by atoms with van der Waals surface area (Å²) in [5.41, 5.74) is 0.842. The van der Waals surface area contributed by atoms with E-state index in [4.69, 9.17) is 10.00 Å². The summed E-state index contributed by atoms with van der Waals surface area (Å²) in [7, 11) is 0. The topological polar surface area (TPSA) is 129 Å². The zero-order chi connectivity index (χ0) is 25.3. The molecule has 35 heavy (non-hydrogen) atoms. The molecule has 0 spiro atoms. The van der Waals surface area contributed by atoms with Crippen LogP contribution in [0.3, 0.4) is 0 Å². The van der Waals surface area contributed by atoms with Crippen LogP contribution < -0.4 is 10.6 Å². The fourth-order valence-electron chi connectivity index (χ4n) is 4.48. The Morgan fingerprint density at radius 2 is 2.03 bits per heavy atom. The number of anilines is 1. The summed E-state index contributed by atoms with van der Waals surface area (Å²) in [4.78, 5) is 53.3. The van der Waals surface area contributed by atoms with E-state index in [-0.39, 0.29) is 6.61 Å². The molecule has 0 saturated carbocycles. The quantitative estimate of drug-likeness (QED) is 0.468. The number of nitriles is 1. The molecule has 2 atom stereocenters. The van der Waals surface area contributed by atoms with Crippen LogP contribution in [0.2, 0.25) is 0 Å². The third-order valence-corrected chi connectivity index (χ3v) is 7.58. The van der Waals surface area contributed by atoms with Crippen molar-refractivity contribution in [3.63, 3.8) is 0 Å². The van der Waals surface area contributed by atoms with Gasteiger partial charge in [-0.2, -0.15) is 5.26 Å². The molecule has 10 heteroatoms. The smallest absolute Gasteiger partial charge is 0.341 e. The number of thiophene rings is 1. The number of carbonyl (C=O) groups excluding carboxylic acids is 4. The van der Waals surface area contributed by atoms with E-state index in [0.29, 0.717) is 27.6 Å². The maximum atomic E-state index is 13.2. The maximum Gasteiger partial charge on any atom is 0.341 e. The Balaban J connectivity index is 1.53. The number of hydrogen-bond acceptors (Lipinski definition) is 7. The van der Waals surface area contributed by atoms with Crippen molar-refractivity contribution in [2.75, 3.05) is 18.5 Å². The first-order valence-electron chi connectivity index (χ1n) is 11.4. The van der Waals surface area contributed by atoms with Gasteiger partial charge < -0.3 is 15.4 Å². The van der Waals surface area contributed by atoms with Crippen molar-refractivity contribution >= 4 is 40.2 Å². The molecule has 1 saturated heterocycles. The van der Waals surface area contributed by atoms with E-state index < -0.39 is 35.9 Å². The number of esters is 1. The van der Waals surface area contributed by atoms with Crippen LogP contribution >= 0.6 is 11.3 Å². The van der Waals surface area contributed by atoms with E-state index in [0.717, 1.165) is 34.6 Å². The molecule has 2 aliphatic rings. The Morgan fingerprint density at radius 1 is 1.31 bits per heavy atom. The van der Waals surface area contributed by atoms with Crippen LogP contribution in [0.5, 0.6) is 0 Å². The molecular weight excluding hydrogens is 468 g/mol. The number of carbonyl (C=O) groups is 4. The zero-order valence-corrected chi connectivity index (χ0v) is 20.6. The SMILES string of the molecule is CCOC(=O)c1c(NC(=O)CN2C(=O)NC(C)(c3ccc(C#N)cc3)C2=O)sc2c1CCC(C)C2. The standard InChI is InChI=1S/C25H26N4O5S/c1-4-34-22(31)20-17-10-5-14(2)11-18(17)35-21(20)27-19(30)13-29-23(32)25(3,28-24(29)33)16-8-6-15(12-26)7-9-16/h6-9,14H,4-5,10-11,13H2,1-3H3,(H,27,30)(H,28,33). The van der Waals surface area contributed by atoms with Crippen molar-refractivity contribution in [3.05, 3.63) is 51.4 Å². The molecule has 182 valence electrons. The fraction of sp³-hybridized carbons (Fsp3) is 0.400. The molecule has 2 unspecified atom stereocenters. The Kier molecular flexibility index (Phi) is 6.63. The lowest BCUT2D eigenvalue weighted by Gasteiger charge is -2.22. The minimum Gasteiger partial charge on any atom is -0.462 e. The van der Waals surface area contributed by atoms with Gasteiger partial charge in [-0.3, -0.25) is 14.5 Å². The molecule has 0 radical (unpaired) electrons. The highest BCUT2D eigenvalue weighted by Gasteiger charge is 2.49. The van der Waals surface area contributed by atoms with Crippen molar-refractivity contribution in [1.82, 2.24) is 10.2 Å². The van der Waals surface area contributed by atoms with Crippen LogP contribution in [0.15, 0.2) is 24.3 Å². The monoisotopic (exact) mass is 494 g/mol. The van der Waals surface area contributed by atoms with E-state index in [9.17, 15) is 19.2 Å². The Morgan fingerprint density at radius 3 is 2.69 bits per heavy atom. The second-order valence-corrected chi connectivity index (χ2v) is 10.1. The highest BCUT2D eigenvalue weighted by Crippen LogP contribution is 2.40. The van der Waals surface area contributed by atoms with Crippen LogP contribution in [-0.4, -0.2) is 41.9 Å². The maximum absolute atomic E-state index is 13.2. The first-order chi connectivity index (χ1) is 16.7. The highest BCUT2D eigenvalue weighted by molar-refractivity contribution is 7.17. The Bertz CT molecular complexity index is 1250. The van der Waals surface area contributed by atoms with Crippen molar-refractivity contribution < 1.29 is 23.9 Å². The second kappa shape index (κ2) is 9.50. The average Bonchev–Trinajstić information content (AvgIpc) is 3.28. The van der Waals surface area contributed by atoms with E-state index in [1.165, 1.54) is 11.3 Å². The number of benzene rings is 1. The Labute approximate surface area is 207 Å². The van der Waals surface area contributed by atoms with Gasteiger partial charge in [0.1, 0.15) is 17.1 Å². The number of imide groups is 1. The van der Waals surface area contributed by atoms with Crippen LogP contribution in [0.4, 0.5) is 9.80 Å². The minimum atomic E-state index is -1.36. The van der Waals surface area contributed by atoms with Crippen LogP contribution in [0, 0.1) is 17.2 Å². The predicted molar refractivity (Wildman–Crippen MR) is 129 cm³/mol. The van der Waals surface area contributed by atoms with Gasteiger partial charge in [0, 0.05) is 4.88 Å². The number of nitrogens with zero attached hydrogens (tertiary/aromatic N) is 2.